The summed E-state index contributed by atoms with van der Waals surface area (Å²) in [5, 5.41) is 0. The molecule has 0 saturated carbocycles. The highest BCUT2D eigenvalue weighted by molar-refractivity contribution is 6.09. The highest BCUT2D eigenvalue weighted by Gasteiger charge is 2.09. The molecule has 4 aromatic rings. The summed E-state index contributed by atoms with van der Waals surface area (Å²) in [4.78, 5) is 17.0. The van der Waals surface area contributed by atoms with Crippen molar-refractivity contribution in [3.8, 4) is 22.4 Å². The van der Waals surface area contributed by atoms with Crippen molar-refractivity contribution < 1.29 is 4.79 Å². The maximum Gasteiger partial charge on any atom is 0.193 e. The lowest BCUT2D eigenvalue weighted by Gasteiger charge is -2.06. The third-order valence-electron chi connectivity index (χ3n) is 4.35. The van der Waals surface area contributed by atoms with Gasteiger partial charge < -0.3 is 0 Å². The topological polar surface area (TPSA) is 30.0 Å². The van der Waals surface area contributed by atoms with Gasteiger partial charge in [-0.15, -0.1) is 0 Å². The third kappa shape index (κ3) is 3.31. The lowest BCUT2D eigenvalue weighted by molar-refractivity contribution is 0.103. The van der Waals surface area contributed by atoms with Crippen LogP contribution in [-0.2, 0) is 0 Å². The SMILES string of the molecule is O=C(c1ccccc1)c1ccc(-c2ccc(-c3ccccc3)nc2)cc1. The molecule has 0 aliphatic rings. The minimum atomic E-state index is 0.0368. The predicted molar refractivity (Wildman–Crippen MR) is 105 cm³/mol. The van der Waals surface area contributed by atoms with Gasteiger partial charge in [0.25, 0.3) is 0 Å². The van der Waals surface area contributed by atoms with Crippen LogP contribution >= 0.6 is 0 Å². The van der Waals surface area contributed by atoms with Gasteiger partial charge in [-0.05, 0) is 11.6 Å². The normalized spacial score (nSPS) is 10.5. The molecule has 0 unspecified atom stereocenters. The lowest BCUT2D eigenvalue weighted by Crippen LogP contribution is -2.00. The molecule has 4 rings (SSSR count). The van der Waals surface area contributed by atoms with Gasteiger partial charge in [-0.1, -0.05) is 91.0 Å². The minimum Gasteiger partial charge on any atom is -0.289 e. The first kappa shape index (κ1) is 16.0. The van der Waals surface area contributed by atoms with Crippen LogP contribution in [0.5, 0.6) is 0 Å². The van der Waals surface area contributed by atoms with E-state index < -0.39 is 0 Å². The maximum absolute atomic E-state index is 12.5. The van der Waals surface area contributed by atoms with Crippen molar-refractivity contribution in [3.05, 3.63) is 114 Å². The predicted octanol–water partition coefficient (Wildman–Crippen LogP) is 5.65. The van der Waals surface area contributed by atoms with Crippen molar-refractivity contribution in [1.29, 1.82) is 0 Å². The zero-order valence-electron chi connectivity index (χ0n) is 14.2. The Balaban J connectivity index is 1.56. The average molecular weight is 335 g/mol. The molecule has 0 radical (unpaired) electrons. The highest BCUT2D eigenvalue weighted by Crippen LogP contribution is 2.23. The summed E-state index contributed by atoms with van der Waals surface area (Å²) < 4.78 is 0. The van der Waals surface area contributed by atoms with E-state index in [1.165, 1.54) is 0 Å². The standard InChI is InChI=1S/C24H17NO/c26-24(20-9-5-2-6-10-20)21-13-11-18(12-14-21)22-15-16-23(25-17-22)19-7-3-1-4-8-19/h1-17H. The molecule has 1 heterocycles. The van der Waals surface area contributed by atoms with E-state index in [9.17, 15) is 4.79 Å². The van der Waals surface area contributed by atoms with Gasteiger partial charge in [0.1, 0.15) is 0 Å². The number of rotatable bonds is 4. The second kappa shape index (κ2) is 7.16. The van der Waals surface area contributed by atoms with Crippen LogP contribution in [0.3, 0.4) is 0 Å². The molecule has 2 nitrogen and oxygen atoms in total. The zero-order valence-corrected chi connectivity index (χ0v) is 14.2. The van der Waals surface area contributed by atoms with Crippen LogP contribution < -0.4 is 0 Å². The van der Waals surface area contributed by atoms with Crippen LogP contribution in [0.1, 0.15) is 15.9 Å². The Kier molecular flexibility index (Phi) is 4.40. The van der Waals surface area contributed by atoms with Crippen molar-refractivity contribution in [3.63, 3.8) is 0 Å². The molecule has 1 aromatic heterocycles. The molecular weight excluding hydrogens is 318 g/mol. The molecule has 0 amide bonds. The number of carbonyl (C=O) groups is 1. The Morgan fingerprint density at radius 2 is 1.12 bits per heavy atom. The van der Waals surface area contributed by atoms with Gasteiger partial charge >= 0.3 is 0 Å². The smallest absolute Gasteiger partial charge is 0.193 e. The summed E-state index contributed by atoms with van der Waals surface area (Å²) >= 11 is 0. The number of benzene rings is 3. The van der Waals surface area contributed by atoms with E-state index in [2.05, 4.69) is 11.1 Å². The fourth-order valence-electron chi connectivity index (χ4n) is 2.91. The molecule has 3 aromatic carbocycles. The summed E-state index contributed by atoms with van der Waals surface area (Å²) in [6, 6.07) is 31.2. The number of carbonyl (C=O) groups excluding carboxylic acids is 1. The lowest BCUT2D eigenvalue weighted by atomic mass is 10.00. The fourth-order valence-corrected chi connectivity index (χ4v) is 2.91. The van der Waals surface area contributed by atoms with E-state index in [0.29, 0.717) is 11.1 Å². The third-order valence-corrected chi connectivity index (χ3v) is 4.35. The number of aromatic nitrogens is 1. The van der Waals surface area contributed by atoms with Crippen LogP contribution in [0.2, 0.25) is 0 Å². The van der Waals surface area contributed by atoms with E-state index in [1.54, 1.807) is 0 Å². The summed E-state index contributed by atoms with van der Waals surface area (Å²) in [6.45, 7) is 0. The maximum atomic E-state index is 12.5. The summed E-state index contributed by atoms with van der Waals surface area (Å²) in [7, 11) is 0. The first-order valence-electron chi connectivity index (χ1n) is 8.53. The summed E-state index contributed by atoms with van der Waals surface area (Å²) in [5.41, 5.74) is 5.51. The number of ketones is 1. The van der Waals surface area contributed by atoms with Gasteiger partial charge in [0, 0.05) is 28.5 Å². The Hall–Kier alpha value is -3.52. The van der Waals surface area contributed by atoms with Gasteiger partial charge in [-0.25, -0.2) is 0 Å². The van der Waals surface area contributed by atoms with Crippen molar-refractivity contribution in [2.75, 3.05) is 0 Å². The Morgan fingerprint density at radius 3 is 1.73 bits per heavy atom. The van der Waals surface area contributed by atoms with Gasteiger partial charge in [0.15, 0.2) is 5.78 Å². The van der Waals surface area contributed by atoms with Crippen molar-refractivity contribution >= 4 is 5.78 Å². The van der Waals surface area contributed by atoms with Gasteiger partial charge in [-0.2, -0.15) is 0 Å². The molecule has 0 spiro atoms. The van der Waals surface area contributed by atoms with Gasteiger partial charge in [-0.3, -0.25) is 9.78 Å². The van der Waals surface area contributed by atoms with Crippen LogP contribution in [-0.4, -0.2) is 10.8 Å². The Labute approximate surface area is 152 Å². The Morgan fingerprint density at radius 1 is 0.538 bits per heavy atom. The molecule has 0 bridgehead atoms. The van der Waals surface area contributed by atoms with Gasteiger partial charge in [0.05, 0.1) is 5.69 Å². The molecular formula is C24H17NO. The number of hydrogen-bond acceptors (Lipinski definition) is 2. The fraction of sp³-hybridized carbons (Fsp3) is 0. The van der Waals surface area contributed by atoms with E-state index in [-0.39, 0.29) is 5.78 Å². The van der Waals surface area contributed by atoms with Crippen LogP contribution in [0.4, 0.5) is 0 Å². The molecule has 2 heteroatoms. The van der Waals surface area contributed by atoms with Crippen molar-refractivity contribution in [2.24, 2.45) is 0 Å². The van der Waals surface area contributed by atoms with E-state index >= 15 is 0 Å². The number of pyridine rings is 1. The molecule has 0 fully saturated rings. The molecule has 124 valence electrons. The minimum absolute atomic E-state index is 0.0368. The highest BCUT2D eigenvalue weighted by atomic mass is 16.1. The second-order valence-electron chi connectivity index (χ2n) is 6.07. The second-order valence-corrected chi connectivity index (χ2v) is 6.07. The average Bonchev–Trinajstić information content (AvgIpc) is 2.75. The molecule has 0 aliphatic carbocycles. The van der Waals surface area contributed by atoms with Crippen LogP contribution in [0.15, 0.2) is 103 Å². The summed E-state index contributed by atoms with van der Waals surface area (Å²) in [6.07, 6.45) is 1.87. The largest absolute Gasteiger partial charge is 0.289 e. The van der Waals surface area contributed by atoms with Crippen LogP contribution in [0, 0.1) is 0 Å². The van der Waals surface area contributed by atoms with E-state index in [1.807, 2.05) is 97.2 Å². The zero-order chi connectivity index (χ0) is 17.8. The molecule has 0 aliphatic heterocycles. The first-order valence-corrected chi connectivity index (χ1v) is 8.53. The molecule has 0 saturated heterocycles. The number of hydrogen-bond donors (Lipinski definition) is 0. The van der Waals surface area contributed by atoms with Crippen LogP contribution in [0.25, 0.3) is 22.4 Å². The molecule has 0 N–H and O–H groups in total. The molecule has 26 heavy (non-hydrogen) atoms. The van der Waals surface area contributed by atoms with Gasteiger partial charge in [0.2, 0.25) is 0 Å². The quantitative estimate of drug-likeness (QED) is 0.451. The number of nitrogens with zero attached hydrogens (tertiary/aromatic N) is 1. The van der Waals surface area contributed by atoms with Crippen molar-refractivity contribution in [1.82, 2.24) is 4.98 Å². The van der Waals surface area contributed by atoms with Crippen molar-refractivity contribution in [2.45, 2.75) is 0 Å². The molecule has 0 atom stereocenters. The van der Waals surface area contributed by atoms with E-state index in [0.717, 1.165) is 22.4 Å². The van der Waals surface area contributed by atoms with E-state index in [4.69, 9.17) is 0 Å². The first-order chi connectivity index (χ1) is 12.8. The summed E-state index contributed by atoms with van der Waals surface area (Å²) in [5.74, 6) is 0.0368. The Bertz CT molecular complexity index is 1010. The monoisotopic (exact) mass is 335 g/mol.